The summed E-state index contributed by atoms with van der Waals surface area (Å²) < 4.78 is 18.7. The fourth-order valence-corrected chi connectivity index (χ4v) is 5.58. The fraction of sp³-hybridized carbons (Fsp3) is 0.483. The lowest BCUT2D eigenvalue weighted by atomic mass is 9.99. The van der Waals surface area contributed by atoms with Crippen LogP contribution in [0.1, 0.15) is 50.5 Å². The van der Waals surface area contributed by atoms with Gasteiger partial charge in [-0.25, -0.2) is 9.78 Å². The summed E-state index contributed by atoms with van der Waals surface area (Å²) in [6.45, 7) is 12.6. The zero-order valence-corrected chi connectivity index (χ0v) is 23.2. The Hall–Kier alpha value is -3.63. The molecule has 0 saturated carbocycles. The first-order chi connectivity index (χ1) is 19.0. The average Bonchev–Trinajstić information content (AvgIpc) is 3.35. The summed E-state index contributed by atoms with van der Waals surface area (Å²) in [7, 11) is 2.11. The van der Waals surface area contributed by atoms with Gasteiger partial charge in [-0.05, 0) is 25.2 Å². The number of fused-ring (bicyclic) bond motifs is 7. The van der Waals surface area contributed by atoms with Crippen LogP contribution in [0.15, 0.2) is 23.0 Å². The number of benzene rings is 1. The number of hydrogen-bond acceptors (Lipinski definition) is 9. The summed E-state index contributed by atoms with van der Waals surface area (Å²) in [6.07, 6.45) is -1.48. The molecule has 1 unspecified atom stereocenters. The number of likely N-dealkylation sites (N-methyl/N-ethyl adjacent to an activating group) is 1. The molecule has 0 aliphatic carbocycles. The van der Waals surface area contributed by atoms with Crippen molar-refractivity contribution in [2.75, 3.05) is 51.3 Å². The Morgan fingerprint density at radius 3 is 2.41 bits per heavy atom. The second kappa shape index (κ2) is 10.9. The number of anilines is 1. The normalized spacial score (nSPS) is 19.1. The van der Waals surface area contributed by atoms with Crippen LogP contribution in [0.5, 0.6) is 11.5 Å². The minimum Gasteiger partial charge on any atom is -0.486 e. The molecule has 6 heterocycles. The predicted molar refractivity (Wildman–Crippen MR) is 149 cm³/mol. The third-order valence-electron chi connectivity index (χ3n) is 7.42. The van der Waals surface area contributed by atoms with Crippen molar-refractivity contribution in [1.82, 2.24) is 14.5 Å². The second-order valence-electron chi connectivity index (χ2n) is 9.43. The first-order valence-corrected chi connectivity index (χ1v) is 13.8. The molecule has 208 valence electrons. The topological polar surface area (TPSA) is 106 Å². The molecule has 3 aromatic rings. The van der Waals surface area contributed by atoms with E-state index in [1.165, 1.54) is 0 Å². The lowest BCUT2D eigenvalue weighted by Crippen LogP contribution is -2.45. The number of esters is 1. The van der Waals surface area contributed by atoms with Crippen LogP contribution in [0, 0.1) is 0 Å². The van der Waals surface area contributed by atoms with Crippen molar-refractivity contribution >= 4 is 22.6 Å². The Morgan fingerprint density at radius 2 is 1.67 bits per heavy atom. The van der Waals surface area contributed by atoms with E-state index in [1.54, 1.807) is 10.6 Å². The molecule has 0 spiro atoms. The number of pyridine rings is 2. The molecule has 2 aromatic heterocycles. The third-order valence-corrected chi connectivity index (χ3v) is 7.42. The van der Waals surface area contributed by atoms with Gasteiger partial charge in [0.1, 0.15) is 19.8 Å². The maximum atomic E-state index is 13.5. The molecule has 0 bridgehead atoms. The molecule has 1 saturated heterocycles. The summed E-state index contributed by atoms with van der Waals surface area (Å²) in [4.78, 5) is 35.0. The maximum Gasteiger partial charge on any atom is 0.340 e. The van der Waals surface area contributed by atoms with Gasteiger partial charge in [-0.1, -0.05) is 27.7 Å². The number of piperazine rings is 1. The van der Waals surface area contributed by atoms with Crippen molar-refractivity contribution < 1.29 is 24.1 Å². The highest BCUT2D eigenvalue weighted by molar-refractivity contribution is 6.03. The Morgan fingerprint density at radius 1 is 0.949 bits per heavy atom. The Balaban J connectivity index is 0.000000738. The van der Waals surface area contributed by atoms with Crippen LogP contribution in [0.4, 0.5) is 5.69 Å². The summed E-state index contributed by atoms with van der Waals surface area (Å²) in [6, 6.07) is 5.52. The maximum absolute atomic E-state index is 13.5. The smallest absolute Gasteiger partial charge is 0.340 e. The van der Waals surface area contributed by atoms with Crippen LogP contribution < -0.4 is 19.9 Å². The van der Waals surface area contributed by atoms with Gasteiger partial charge in [0.2, 0.25) is 0 Å². The molecule has 39 heavy (non-hydrogen) atoms. The van der Waals surface area contributed by atoms with E-state index in [9.17, 15) is 14.7 Å². The van der Waals surface area contributed by atoms with Gasteiger partial charge < -0.3 is 33.7 Å². The van der Waals surface area contributed by atoms with Crippen LogP contribution in [-0.2, 0) is 22.7 Å². The molecule has 4 aliphatic rings. The molecule has 1 N–H and O–H groups in total. The first kappa shape index (κ1) is 27.0. The van der Waals surface area contributed by atoms with Gasteiger partial charge in [0.15, 0.2) is 17.6 Å². The third kappa shape index (κ3) is 4.31. The molecular formula is C29H36N4O6. The number of hydrogen-bond donors (Lipinski definition) is 1. The minimum atomic E-state index is -1.48. The molecule has 1 atom stereocenters. The lowest BCUT2D eigenvalue weighted by Gasteiger charge is -2.36. The predicted octanol–water partition coefficient (Wildman–Crippen LogP) is 3.09. The SMILES string of the molecule is CC.CC.CN1CCN(c2c3c(nc4ccc5c(c24)OCCO5)-c2cc4c(c(=O)n2C3)COC(=O)C4O)CC1. The van der Waals surface area contributed by atoms with Crippen LogP contribution in [0.25, 0.3) is 22.3 Å². The van der Waals surface area contributed by atoms with Crippen LogP contribution in [0.3, 0.4) is 0 Å². The largest absolute Gasteiger partial charge is 0.486 e. The van der Waals surface area contributed by atoms with Gasteiger partial charge in [0.25, 0.3) is 5.56 Å². The van der Waals surface area contributed by atoms with Crippen molar-refractivity contribution in [3.63, 3.8) is 0 Å². The highest BCUT2D eigenvalue weighted by Crippen LogP contribution is 2.48. The Bertz CT molecular complexity index is 1480. The lowest BCUT2D eigenvalue weighted by molar-refractivity contribution is -0.157. The zero-order valence-electron chi connectivity index (χ0n) is 23.2. The number of aliphatic hydroxyl groups is 1. The van der Waals surface area contributed by atoms with E-state index in [-0.39, 0.29) is 12.2 Å². The second-order valence-corrected chi connectivity index (χ2v) is 9.43. The number of carbonyl (C=O) groups excluding carboxylic acids is 1. The molecule has 0 amide bonds. The van der Waals surface area contributed by atoms with Crippen molar-refractivity contribution in [2.24, 2.45) is 0 Å². The number of carbonyl (C=O) groups is 1. The highest BCUT2D eigenvalue weighted by Gasteiger charge is 2.36. The molecule has 1 fully saturated rings. The van der Waals surface area contributed by atoms with E-state index < -0.39 is 12.1 Å². The van der Waals surface area contributed by atoms with Crippen LogP contribution in [0.2, 0.25) is 0 Å². The van der Waals surface area contributed by atoms with Crippen molar-refractivity contribution in [3.8, 4) is 22.9 Å². The minimum absolute atomic E-state index is 0.139. The number of cyclic esters (lactones) is 1. The number of aromatic nitrogens is 2. The van der Waals surface area contributed by atoms with Gasteiger partial charge in [0.05, 0.1) is 40.1 Å². The molecule has 4 aliphatic heterocycles. The van der Waals surface area contributed by atoms with E-state index in [1.807, 2.05) is 39.8 Å². The van der Waals surface area contributed by atoms with Gasteiger partial charge in [-0.3, -0.25) is 4.79 Å². The summed E-state index contributed by atoms with van der Waals surface area (Å²) >= 11 is 0. The molecule has 0 radical (unpaired) electrons. The Labute approximate surface area is 227 Å². The monoisotopic (exact) mass is 536 g/mol. The first-order valence-electron chi connectivity index (χ1n) is 13.8. The molecule has 10 heteroatoms. The van der Waals surface area contributed by atoms with Crippen molar-refractivity contribution in [3.05, 3.63) is 45.2 Å². The quantitative estimate of drug-likeness (QED) is 0.367. The molecule has 10 nitrogen and oxygen atoms in total. The summed E-state index contributed by atoms with van der Waals surface area (Å²) in [5.41, 5.74) is 4.33. The molecule has 7 rings (SSSR count). The van der Waals surface area contributed by atoms with E-state index in [0.717, 1.165) is 48.3 Å². The zero-order chi connectivity index (χ0) is 27.8. The van der Waals surface area contributed by atoms with Gasteiger partial charge in [-0.15, -0.1) is 0 Å². The van der Waals surface area contributed by atoms with Crippen molar-refractivity contribution in [1.29, 1.82) is 0 Å². The van der Waals surface area contributed by atoms with E-state index >= 15 is 0 Å². The van der Waals surface area contributed by atoms with Crippen molar-refractivity contribution in [2.45, 2.75) is 47.0 Å². The van der Waals surface area contributed by atoms with Crippen LogP contribution >= 0.6 is 0 Å². The van der Waals surface area contributed by atoms with Gasteiger partial charge in [0, 0.05) is 37.3 Å². The summed E-state index contributed by atoms with van der Waals surface area (Å²) in [5.74, 6) is 0.645. The molecule has 1 aromatic carbocycles. The molecular weight excluding hydrogens is 500 g/mol. The fourth-order valence-electron chi connectivity index (χ4n) is 5.58. The highest BCUT2D eigenvalue weighted by atomic mass is 16.6. The van der Waals surface area contributed by atoms with Gasteiger partial charge in [-0.2, -0.15) is 0 Å². The average molecular weight is 537 g/mol. The number of ether oxygens (including phenoxy) is 3. The van der Waals surface area contributed by atoms with E-state index in [4.69, 9.17) is 19.2 Å². The summed E-state index contributed by atoms with van der Waals surface area (Å²) in [5, 5.41) is 11.3. The van der Waals surface area contributed by atoms with E-state index in [2.05, 4.69) is 16.8 Å². The number of nitrogens with zero attached hydrogens (tertiary/aromatic N) is 4. The number of aliphatic hydroxyl groups excluding tert-OH is 1. The number of rotatable bonds is 1. The van der Waals surface area contributed by atoms with Gasteiger partial charge >= 0.3 is 5.97 Å². The van der Waals surface area contributed by atoms with Crippen LogP contribution in [-0.4, -0.2) is 72.0 Å². The Kier molecular flexibility index (Phi) is 7.51. The van der Waals surface area contributed by atoms with E-state index in [0.29, 0.717) is 53.8 Å². The standard InChI is InChI=1S/C25H24N4O6.2C2H6/c1-27-4-6-28(7-5-27)21-14-11-29-17(10-13-15(24(29)31)12-35-25(32)22(13)30)20(14)26-16-2-3-18-23(19(16)21)34-9-8-33-18;2*1-2/h2-3,10,22,30H,4-9,11-12H2,1H3;2*1-2H3.